The molecule has 0 spiro atoms. The van der Waals surface area contributed by atoms with E-state index >= 15 is 0 Å². The molecule has 3 rings (SSSR count). The summed E-state index contributed by atoms with van der Waals surface area (Å²) < 4.78 is 1.70. The fourth-order valence-electron chi connectivity index (χ4n) is 2.58. The summed E-state index contributed by atoms with van der Waals surface area (Å²) in [5, 5.41) is 4.51. The zero-order valence-electron chi connectivity index (χ0n) is 12.4. The summed E-state index contributed by atoms with van der Waals surface area (Å²) in [6, 6.07) is 5.67. The smallest absolute Gasteiger partial charge is 0.229 e. The number of thioether (sulfide) groups is 1. The van der Waals surface area contributed by atoms with Gasteiger partial charge in [0.1, 0.15) is 5.82 Å². The topological polar surface area (TPSA) is 68.1 Å². The monoisotopic (exact) mass is 316 g/mol. The minimum atomic E-state index is 0.0155. The number of pyridine rings is 1. The summed E-state index contributed by atoms with van der Waals surface area (Å²) in [7, 11) is 1.81. The lowest BCUT2D eigenvalue weighted by molar-refractivity contribution is -0.117. The number of aryl methyl sites for hydroxylation is 1. The molecule has 1 aliphatic rings. The van der Waals surface area contributed by atoms with Crippen LogP contribution in [0.25, 0.3) is 11.3 Å². The molecule has 2 aromatic heterocycles. The molecule has 1 unspecified atom stereocenters. The van der Waals surface area contributed by atoms with Gasteiger partial charge >= 0.3 is 0 Å². The molecule has 0 radical (unpaired) electrons. The second kappa shape index (κ2) is 5.92. The predicted molar refractivity (Wildman–Crippen MR) is 85.5 cm³/mol. The summed E-state index contributed by atoms with van der Waals surface area (Å²) in [6.07, 6.45) is 3.84. The van der Waals surface area contributed by atoms with E-state index in [4.69, 9.17) is 0 Å². The Balaban J connectivity index is 1.85. The predicted octanol–water partition coefficient (Wildman–Crippen LogP) is 1.87. The van der Waals surface area contributed by atoms with Gasteiger partial charge in [-0.15, -0.1) is 0 Å². The number of carbonyl (C=O) groups excluding carboxylic acids is 2. The maximum absolute atomic E-state index is 12.2. The third-order valence-corrected chi connectivity index (χ3v) is 4.49. The van der Waals surface area contributed by atoms with Crippen molar-refractivity contribution in [3.63, 3.8) is 0 Å². The van der Waals surface area contributed by atoms with Crippen molar-refractivity contribution in [2.75, 3.05) is 11.4 Å². The third kappa shape index (κ3) is 2.89. The highest BCUT2D eigenvalue weighted by Gasteiger charge is 2.33. The minimum Gasteiger partial charge on any atom is -0.296 e. The van der Waals surface area contributed by atoms with Crippen molar-refractivity contribution in [1.82, 2.24) is 14.8 Å². The van der Waals surface area contributed by atoms with Crippen molar-refractivity contribution in [3.05, 3.63) is 30.6 Å². The van der Waals surface area contributed by atoms with Crippen molar-refractivity contribution < 1.29 is 9.59 Å². The molecular weight excluding hydrogens is 300 g/mol. The second-order valence-corrected chi connectivity index (χ2v) is 6.67. The molecule has 3 heterocycles. The van der Waals surface area contributed by atoms with Crippen LogP contribution < -0.4 is 4.90 Å². The molecule has 0 N–H and O–H groups in total. The van der Waals surface area contributed by atoms with E-state index in [2.05, 4.69) is 10.1 Å². The lowest BCUT2D eigenvalue weighted by Gasteiger charge is -2.15. The first-order valence-electron chi connectivity index (χ1n) is 6.96. The maximum atomic E-state index is 12.2. The van der Waals surface area contributed by atoms with Gasteiger partial charge in [0, 0.05) is 56.2 Å². The van der Waals surface area contributed by atoms with E-state index in [9.17, 15) is 9.59 Å². The summed E-state index contributed by atoms with van der Waals surface area (Å²) in [5.74, 6) is 0.773. The zero-order chi connectivity index (χ0) is 15.7. The molecule has 1 saturated heterocycles. The first kappa shape index (κ1) is 14.8. The number of carbonyl (C=O) groups is 2. The van der Waals surface area contributed by atoms with E-state index < -0.39 is 0 Å². The van der Waals surface area contributed by atoms with E-state index in [1.807, 2.05) is 25.2 Å². The third-order valence-electron chi connectivity index (χ3n) is 3.51. The largest absolute Gasteiger partial charge is 0.296 e. The number of hydrogen-bond donors (Lipinski definition) is 0. The maximum Gasteiger partial charge on any atom is 0.229 e. The standard InChI is InChI=1S/C15H16N4O2S/c1-10(20)22-12-6-15(21)19(9-12)14-7-13(17-18(14)2)11-4-3-5-16-8-11/h3-5,7-8,12H,6,9H2,1-2H3. The number of amides is 1. The summed E-state index contributed by atoms with van der Waals surface area (Å²) in [6.45, 7) is 2.07. The van der Waals surface area contributed by atoms with Crippen LogP contribution in [0.2, 0.25) is 0 Å². The first-order valence-corrected chi connectivity index (χ1v) is 7.84. The van der Waals surface area contributed by atoms with Crippen LogP contribution in [0.4, 0.5) is 5.82 Å². The van der Waals surface area contributed by atoms with Crippen LogP contribution in [0.3, 0.4) is 0 Å². The molecule has 0 saturated carbocycles. The van der Waals surface area contributed by atoms with E-state index in [-0.39, 0.29) is 16.3 Å². The molecule has 0 aromatic carbocycles. The average molecular weight is 316 g/mol. The van der Waals surface area contributed by atoms with Crippen LogP contribution in [0.5, 0.6) is 0 Å². The number of anilines is 1. The Morgan fingerprint density at radius 1 is 1.45 bits per heavy atom. The van der Waals surface area contributed by atoms with Crippen LogP contribution in [0.1, 0.15) is 13.3 Å². The van der Waals surface area contributed by atoms with Crippen LogP contribution >= 0.6 is 11.8 Å². The van der Waals surface area contributed by atoms with E-state index in [0.29, 0.717) is 13.0 Å². The van der Waals surface area contributed by atoms with Gasteiger partial charge in [-0.05, 0) is 12.1 Å². The zero-order valence-corrected chi connectivity index (χ0v) is 13.2. The Morgan fingerprint density at radius 3 is 2.95 bits per heavy atom. The van der Waals surface area contributed by atoms with Crippen LogP contribution in [-0.4, -0.2) is 37.6 Å². The second-order valence-electron chi connectivity index (χ2n) is 5.19. The van der Waals surface area contributed by atoms with Crippen LogP contribution in [-0.2, 0) is 16.6 Å². The Hall–Kier alpha value is -2.15. The number of rotatable bonds is 3. The lowest BCUT2D eigenvalue weighted by atomic mass is 10.2. The van der Waals surface area contributed by atoms with Gasteiger partial charge in [0.25, 0.3) is 0 Å². The van der Waals surface area contributed by atoms with E-state index in [0.717, 1.165) is 17.1 Å². The lowest BCUT2D eigenvalue weighted by Crippen LogP contribution is -2.27. The highest BCUT2D eigenvalue weighted by Crippen LogP contribution is 2.30. The number of aromatic nitrogens is 3. The molecule has 1 aliphatic heterocycles. The Kier molecular flexibility index (Phi) is 3.98. The summed E-state index contributed by atoms with van der Waals surface area (Å²) in [4.78, 5) is 29.2. The van der Waals surface area contributed by atoms with Gasteiger partial charge in [-0.25, -0.2) is 0 Å². The molecule has 6 nitrogen and oxygen atoms in total. The number of hydrogen-bond acceptors (Lipinski definition) is 5. The molecular formula is C15H16N4O2S. The SMILES string of the molecule is CC(=O)SC1CC(=O)N(c2cc(-c3cccnc3)nn2C)C1. The van der Waals surface area contributed by atoms with Gasteiger partial charge in [-0.2, -0.15) is 5.10 Å². The highest BCUT2D eigenvalue weighted by molar-refractivity contribution is 8.14. The van der Waals surface area contributed by atoms with Gasteiger partial charge < -0.3 is 0 Å². The molecule has 0 bridgehead atoms. The van der Waals surface area contributed by atoms with E-state index in [1.54, 1.807) is 22.0 Å². The summed E-state index contributed by atoms with van der Waals surface area (Å²) in [5.41, 5.74) is 1.69. The van der Waals surface area contributed by atoms with Crippen molar-refractivity contribution in [1.29, 1.82) is 0 Å². The van der Waals surface area contributed by atoms with Crippen molar-refractivity contribution in [3.8, 4) is 11.3 Å². The normalized spacial score (nSPS) is 18.0. The minimum absolute atomic E-state index is 0.0155. The van der Waals surface area contributed by atoms with Crippen LogP contribution in [0, 0.1) is 0 Å². The molecule has 22 heavy (non-hydrogen) atoms. The van der Waals surface area contributed by atoms with Gasteiger partial charge in [-0.1, -0.05) is 11.8 Å². The molecule has 114 valence electrons. The van der Waals surface area contributed by atoms with Gasteiger partial charge in [0.05, 0.1) is 5.69 Å². The highest BCUT2D eigenvalue weighted by atomic mass is 32.2. The first-order chi connectivity index (χ1) is 10.5. The molecule has 7 heteroatoms. The average Bonchev–Trinajstić information content (AvgIpc) is 3.02. The van der Waals surface area contributed by atoms with Gasteiger partial charge in [0.2, 0.25) is 5.91 Å². The number of nitrogens with zero attached hydrogens (tertiary/aromatic N) is 4. The molecule has 1 fully saturated rings. The van der Waals surface area contributed by atoms with Crippen molar-refractivity contribution in [2.45, 2.75) is 18.6 Å². The van der Waals surface area contributed by atoms with Crippen molar-refractivity contribution >= 4 is 28.6 Å². The quantitative estimate of drug-likeness (QED) is 0.864. The summed E-state index contributed by atoms with van der Waals surface area (Å²) >= 11 is 1.23. The fraction of sp³-hybridized carbons (Fsp3) is 0.333. The fourth-order valence-corrected chi connectivity index (χ4v) is 3.49. The Morgan fingerprint density at radius 2 is 2.27 bits per heavy atom. The van der Waals surface area contributed by atoms with Crippen LogP contribution in [0.15, 0.2) is 30.6 Å². The Bertz CT molecular complexity index is 714. The molecule has 0 aliphatic carbocycles. The molecule has 1 amide bonds. The van der Waals surface area contributed by atoms with E-state index in [1.165, 1.54) is 18.7 Å². The molecule has 1 atom stereocenters. The molecule has 2 aromatic rings. The van der Waals surface area contributed by atoms with Gasteiger partial charge in [-0.3, -0.25) is 24.2 Å². The van der Waals surface area contributed by atoms with Crippen molar-refractivity contribution in [2.24, 2.45) is 7.05 Å². The Labute approximate surface area is 132 Å². The van der Waals surface area contributed by atoms with Gasteiger partial charge in [0.15, 0.2) is 5.12 Å².